The molecule has 0 aliphatic carbocycles. The Bertz CT molecular complexity index is 1350. The molecule has 3 N–H and O–H groups in total. The Hall–Kier alpha value is -3.22. The van der Waals surface area contributed by atoms with Crippen LogP contribution < -0.4 is 14.8 Å². The molecular formula is C24H23Cl2F3N4O5. The van der Waals surface area contributed by atoms with Crippen LogP contribution in [0.3, 0.4) is 0 Å². The Morgan fingerprint density at radius 2 is 1.89 bits per heavy atom. The van der Waals surface area contributed by atoms with Crippen LogP contribution >= 0.6 is 23.2 Å². The lowest BCUT2D eigenvalue weighted by Gasteiger charge is -2.36. The summed E-state index contributed by atoms with van der Waals surface area (Å²) in [5.74, 6) is -1.10. The molecule has 0 radical (unpaired) electrons. The molecule has 1 saturated heterocycles. The lowest BCUT2D eigenvalue weighted by molar-refractivity contribution is -0.192. The molecule has 1 amide bonds. The monoisotopic (exact) mass is 574 g/mol. The maximum atomic E-state index is 13.0. The molecule has 38 heavy (non-hydrogen) atoms. The van der Waals surface area contributed by atoms with Gasteiger partial charge in [0, 0.05) is 17.6 Å². The van der Waals surface area contributed by atoms with E-state index in [9.17, 15) is 18.0 Å². The number of nitrogens with one attached hydrogen (secondary N) is 2. The molecule has 0 saturated carbocycles. The zero-order chi connectivity index (χ0) is 27.6. The first kappa shape index (κ1) is 27.8. The van der Waals surface area contributed by atoms with E-state index in [4.69, 9.17) is 47.6 Å². The number of carboxylic acid groups (broad SMARTS) is 1. The van der Waals surface area contributed by atoms with Gasteiger partial charge < -0.3 is 24.9 Å². The first-order valence-electron chi connectivity index (χ1n) is 11.5. The van der Waals surface area contributed by atoms with E-state index in [-0.39, 0.29) is 23.0 Å². The van der Waals surface area contributed by atoms with Gasteiger partial charge in [-0.15, -0.1) is 0 Å². The van der Waals surface area contributed by atoms with Gasteiger partial charge in [-0.3, -0.25) is 9.69 Å². The molecule has 204 valence electrons. The van der Waals surface area contributed by atoms with Gasteiger partial charge >= 0.3 is 12.1 Å². The van der Waals surface area contributed by atoms with E-state index in [1.54, 1.807) is 12.1 Å². The number of alkyl halides is 3. The number of halogens is 5. The third-order valence-electron chi connectivity index (χ3n) is 6.12. The van der Waals surface area contributed by atoms with Gasteiger partial charge in [-0.1, -0.05) is 23.2 Å². The number of hydrogen-bond acceptors (Lipinski definition) is 6. The van der Waals surface area contributed by atoms with E-state index in [0.717, 1.165) is 36.2 Å². The molecule has 1 aromatic heterocycles. The minimum atomic E-state index is -5.08. The number of aromatic amines is 1. The fourth-order valence-corrected chi connectivity index (χ4v) is 4.68. The number of fused-ring (bicyclic) bond motifs is 2. The summed E-state index contributed by atoms with van der Waals surface area (Å²) in [7, 11) is 2.07. The summed E-state index contributed by atoms with van der Waals surface area (Å²) >= 11 is 12.5. The Kier molecular flexibility index (Phi) is 8.24. The Morgan fingerprint density at radius 3 is 2.61 bits per heavy atom. The second kappa shape index (κ2) is 11.3. The number of carboxylic acids is 1. The van der Waals surface area contributed by atoms with Crippen molar-refractivity contribution in [1.29, 1.82) is 0 Å². The Balaban J connectivity index is 0.000000426. The van der Waals surface area contributed by atoms with Crippen molar-refractivity contribution < 1.29 is 37.3 Å². The van der Waals surface area contributed by atoms with Crippen LogP contribution in [-0.4, -0.2) is 70.9 Å². The summed E-state index contributed by atoms with van der Waals surface area (Å²) in [4.78, 5) is 32.2. The number of amides is 1. The van der Waals surface area contributed by atoms with Crippen LogP contribution in [0, 0.1) is 0 Å². The van der Waals surface area contributed by atoms with E-state index in [1.165, 1.54) is 0 Å². The minimum absolute atomic E-state index is 0.00484. The highest BCUT2D eigenvalue weighted by Gasteiger charge is 2.38. The molecule has 0 bridgehead atoms. The van der Waals surface area contributed by atoms with Crippen molar-refractivity contribution in [3.63, 3.8) is 0 Å². The number of H-pyrrole nitrogens is 1. The Labute approximate surface area is 224 Å². The fourth-order valence-electron chi connectivity index (χ4n) is 4.21. The number of carbonyl (C=O) groups is 2. The van der Waals surface area contributed by atoms with Gasteiger partial charge in [0.2, 0.25) is 0 Å². The normalized spacial score (nSPS) is 19.4. The van der Waals surface area contributed by atoms with Crippen LogP contribution in [0.5, 0.6) is 11.5 Å². The third kappa shape index (κ3) is 6.25. The highest BCUT2D eigenvalue weighted by atomic mass is 35.5. The first-order chi connectivity index (χ1) is 17.9. The van der Waals surface area contributed by atoms with Crippen LogP contribution in [0.15, 0.2) is 30.3 Å². The second-order valence-electron chi connectivity index (χ2n) is 8.73. The van der Waals surface area contributed by atoms with Crippen LogP contribution in [0.1, 0.15) is 35.1 Å². The van der Waals surface area contributed by atoms with Crippen LogP contribution in [0.4, 0.5) is 13.2 Å². The number of likely N-dealkylation sites (tertiary alicyclic amines) is 1. The maximum Gasteiger partial charge on any atom is 0.490 e. The van der Waals surface area contributed by atoms with Gasteiger partial charge in [0.25, 0.3) is 5.91 Å². The van der Waals surface area contributed by atoms with E-state index < -0.39 is 12.1 Å². The SMILES string of the molecule is CN1CC[C@@H](NC(=O)c2ccc3c(c2Cl)OCCO3)C[C@@H]1c1nc2ccc(Cl)cc2[nH]1.O=C(O)C(F)(F)F. The van der Waals surface area contributed by atoms with Crippen molar-refractivity contribution in [2.75, 3.05) is 26.8 Å². The van der Waals surface area contributed by atoms with Gasteiger partial charge in [-0.05, 0) is 50.2 Å². The molecule has 2 aliphatic rings. The lowest BCUT2D eigenvalue weighted by Crippen LogP contribution is -2.45. The molecule has 1 fully saturated rings. The number of imidazole rings is 1. The van der Waals surface area contributed by atoms with Gasteiger partial charge in [0.15, 0.2) is 11.5 Å². The lowest BCUT2D eigenvalue weighted by atomic mass is 9.96. The average molecular weight is 575 g/mol. The number of carbonyl (C=O) groups excluding carboxylic acids is 1. The zero-order valence-corrected chi connectivity index (χ0v) is 21.5. The fraction of sp³-hybridized carbons (Fsp3) is 0.375. The first-order valence-corrected chi connectivity index (χ1v) is 12.2. The summed E-state index contributed by atoms with van der Waals surface area (Å²) in [5, 5.41) is 11.2. The summed E-state index contributed by atoms with van der Waals surface area (Å²) in [6, 6.07) is 9.07. The number of piperidine rings is 1. The number of rotatable bonds is 3. The topological polar surface area (TPSA) is 117 Å². The molecule has 9 nitrogen and oxygen atoms in total. The molecule has 0 unspecified atom stereocenters. The molecule has 2 atom stereocenters. The summed E-state index contributed by atoms with van der Waals surface area (Å²) < 4.78 is 42.9. The molecule has 3 aromatic rings. The smallest absolute Gasteiger partial charge is 0.486 e. The largest absolute Gasteiger partial charge is 0.490 e. The number of aromatic nitrogens is 2. The molecule has 2 aromatic carbocycles. The van der Waals surface area contributed by atoms with E-state index in [1.807, 2.05) is 18.2 Å². The summed E-state index contributed by atoms with van der Waals surface area (Å²) in [6.07, 6.45) is -3.51. The number of nitrogens with zero attached hydrogens (tertiary/aromatic N) is 2. The molecule has 5 rings (SSSR count). The molecule has 0 spiro atoms. The van der Waals surface area contributed by atoms with Crippen molar-refractivity contribution in [3.05, 3.63) is 51.8 Å². The van der Waals surface area contributed by atoms with Gasteiger partial charge in [-0.25, -0.2) is 9.78 Å². The van der Waals surface area contributed by atoms with Crippen molar-refractivity contribution in [3.8, 4) is 11.5 Å². The highest BCUT2D eigenvalue weighted by Crippen LogP contribution is 2.39. The third-order valence-corrected chi connectivity index (χ3v) is 6.73. The minimum Gasteiger partial charge on any atom is -0.486 e. The van der Waals surface area contributed by atoms with E-state index in [2.05, 4.69) is 22.2 Å². The van der Waals surface area contributed by atoms with Crippen LogP contribution in [0.25, 0.3) is 11.0 Å². The quantitative estimate of drug-likeness (QED) is 0.409. The van der Waals surface area contributed by atoms with E-state index in [0.29, 0.717) is 35.3 Å². The van der Waals surface area contributed by atoms with Crippen molar-refractivity contribution in [2.24, 2.45) is 0 Å². The van der Waals surface area contributed by atoms with Crippen molar-refractivity contribution in [2.45, 2.75) is 31.1 Å². The van der Waals surface area contributed by atoms with Crippen molar-refractivity contribution in [1.82, 2.24) is 20.2 Å². The van der Waals surface area contributed by atoms with Gasteiger partial charge in [0.05, 0.1) is 27.7 Å². The van der Waals surface area contributed by atoms with Gasteiger partial charge in [0.1, 0.15) is 19.0 Å². The predicted molar refractivity (Wildman–Crippen MR) is 133 cm³/mol. The molecule has 3 heterocycles. The van der Waals surface area contributed by atoms with Gasteiger partial charge in [-0.2, -0.15) is 13.2 Å². The molecule has 14 heteroatoms. The second-order valence-corrected chi connectivity index (χ2v) is 9.54. The summed E-state index contributed by atoms with van der Waals surface area (Å²) in [5.41, 5.74) is 2.17. The number of ether oxygens (including phenoxy) is 2. The number of aliphatic carboxylic acids is 1. The number of hydrogen-bond donors (Lipinski definition) is 3. The zero-order valence-electron chi connectivity index (χ0n) is 19.9. The average Bonchev–Trinajstić information content (AvgIpc) is 3.28. The Morgan fingerprint density at radius 1 is 1.18 bits per heavy atom. The van der Waals surface area contributed by atoms with Crippen molar-refractivity contribution >= 4 is 46.1 Å². The predicted octanol–water partition coefficient (Wildman–Crippen LogP) is 4.84. The summed E-state index contributed by atoms with van der Waals surface area (Å²) in [6.45, 7) is 1.72. The highest BCUT2D eigenvalue weighted by molar-refractivity contribution is 6.35. The van der Waals surface area contributed by atoms with Crippen LogP contribution in [0.2, 0.25) is 10.0 Å². The maximum absolute atomic E-state index is 13.0. The molecular weight excluding hydrogens is 552 g/mol. The molecule has 2 aliphatic heterocycles. The standard InChI is InChI=1S/C22H22Cl2N4O3.C2HF3O2/c1-28-7-6-13(11-17(28)21-26-15-4-2-12(23)10-16(15)27-21)25-22(29)14-3-5-18-20(19(14)24)31-9-8-30-18;3-2(4,5)1(6)7/h2-5,10,13,17H,6-9,11H2,1H3,(H,25,29)(H,26,27);(H,6,7)/t13-,17-;/m1./s1. The number of benzene rings is 2. The van der Waals surface area contributed by atoms with E-state index >= 15 is 0 Å². The van der Waals surface area contributed by atoms with Crippen LogP contribution in [-0.2, 0) is 4.79 Å².